The van der Waals surface area contributed by atoms with Crippen LogP contribution in [0.2, 0.25) is 0 Å². The second kappa shape index (κ2) is 5.60. The molecule has 2 aromatic carbocycles. The number of benzene rings is 2. The summed E-state index contributed by atoms with van der Waals surface area (Å²) >= 11 is 0. The number of hydrogen-bond acceptors (Lipinski definition) is 2. The molecule has 0 radical (unpaired) electrons. The number of rotatable bonds is 4. The van der Waals surface area contributed by atoms with Crippen molar-refractivity contribution in [3.63, 3.8) is 0 Å². The zero-order valence-corrected chi connectivity index (χ0v) is 12.7. The highest BCUT2D eigenvalue weighted by Crippen LogP contribution is 2.18. The number of imidazole rings is 1. The van der Waals surface area contributed by atoms with Crippen molar-refractivity contribution < 1.29 is 4.74 Å². The summed E-state index contributed by atoms with van der Waals surface area (Å²) < 4.78 is 5.77. The highest BCUT2D eigenvalue weighted by atomic mass is 16.5. The number of nitrogens with zero attached hydrogens (tertiary/aromatic N) is 1. The van der Waals surface area contributed by atoms with Crippen LogP contribution in [0.25, 0.3) is 11.0 Å². The van der Waals surface area contributed by atoms with Gasteiger partial charge in [-0.25, -0.2) is 4.98 Å². The Bertz CT molecular complexity index is 735. The summed E-state index contributed by atoms with van der Waals surface area (Å²) in [6.45, 7) is 6.93. The molecule has 0 fully saturated rings. The maximum absolute atomic E-state index is 5.77. The lowest BCUT2D eigenvalue weighted by Crippen LogP contribution is -2.02. The van der Waals surface area contributed by atoms with Gasteiger partial charge in [-0.15, -0.1) is 0 Å². The maximum atomic E-state index is 5.77. The molecular weight excluding hydrogens is 260 g/mol. The third-order valence-electron chi connectivity index (χ3n) is 3.74. The minimum atomic E-state index is 0.626. The second-order valence-electron chi connectivity index (χ2n) is 5.55. The van der Waals surface area contributed by atoms with Crippen molar-refractivity contribution in [1.82, 2.24) is 9.97 Å². The molecule has 3 nitrogen and oxygen atoms in total. The molecule has 0 bridgehead atoms. The molecule has 3 aromatic rings. The molecule has 3 rings (SSSR count). The van der Waals surface area contributed by atoms with E-state index in [2.05, 4.69) is 48.9 Å². The van der Waals surface area contributed by atoms with Crippen molar-refractivity contribution >= 4 is 11.0 Å². The Morgan fingerprint density at radius 1 is 1.05 bits per heavy atom. The van der Waals surface area contributed by atoms with Crippen LogP contribution in [0.4, 0.5) is 0 Å². The molecule has 0 aliphatic rings. The molecule has 1 aromatic heterocycles. The van der Waals surface area contributed by atoms with Crippen LogP contribution < -0.4 is 4.74 Å². The molecule has 1 N–H and O–H groups in total. The Labute approximate surface area is 125 Å². The first kappa shape index (κ1) is 13.7. The van der Waals surface area contributed by atoms with E-state index in [-0.39, 0.29) is 0 Å². The molecule has 1 heterocycles. The Morgan fingerprint density at radius 3 is 2.67 bits per heavy atom. The molecule has 0 atom stereocenters. The number of fused-ring (bicyclic) bond motifs is 1. The summed E-state index contributed by atoms with van der Waals surface area (Å²) in [5, 5.41) is 0. The van der Waals surface area contributed by atoms with Gasteiger partial charge in [0, 0.05) is 6.42 Å². The fraction of sp³-hybridized carbons (Fsp3) is 0.278. The number of aromatic nitrogens is 2. The number of aryl methyl sites for hydroxylation is 3. The Kier molecular flexibility index (Phi) is 3.65. The standard InChI is InChI=1S/C18H20N2O/c1-12-5-4-6-15(9-12)21-8-7-18-19-16-10-13(2)14(3)11-17(16)20-18/h4-6,9-11H,7-8H2,1-3H3,(H,19,20). The fourth-order valence-corrected chi connectivity index (χ4v) is 2.41. The van der Waals surface area contributed by atoms with E-state index in [0.717, 1.165) is 29.0 Å². The molecule has 0 unspecified atom stereocenters. The minimum Gasteiger partial charge on any atom is -0.493 e. The van der Waals surface area contributed by atoms with Gasteiger partial charge in [0.05, 0.1) is 17.6 Å². The van der Waals surface area contributed by atoms with E-state index in [4.69, 9.17) is 4.74 Å². The van der Waals surface area contributed by atoms with Gasteiger partial charge in [0.25, 0.3) is 0 Å². The zero-order valence-electron chi connectivity index (χ0n) is 12.7. The average molecular weight is 280 g/mol. The normalized spacial score (nSPS) is 11.0. The molecule has 0 saturated carbocycles. The molecule has 0 amide bonds. The first-order valence-electron chi connectivity index (χ1n) is 7.27. The van der Waals surface area contributed by atoms with Crippen molar-refractivity contribution in [3.05, 3.63) is 58.9 Å². The number of aromatic amines is 1. The highest BCUT2D eigenvalue weighted by Gasteiger charge is 2.05. The molecule has 21 heavy (non-hydrogen) atoms. The van der Waals surface area contributed by atoms with Crippen molar-refractivity contribution in [3.8, 4) is 5.75 Å². The lowest BCUT2D eigenvalue weighted by Gasteiger charge is -2.05. The molecule has 0 aliphatic carbocycles. The average Bonchev–Trinajstić information content (AvgIpc) is 2.81. The molecule has 108 valence electrons. The first-order chi connectivity index (χ1) is 10.1. The van der Waals surface area contributed by atoms with Gasteiger partial charge in [-0.2, -0.15) is 0 Å². The summed E-state index contributed by atoms with van der Waals surface area (Å²) in [6, 6.07) is 12.4. The molecule has 3 heteroatoms. The van der Waals surface area contributed by atoms with Crippen LogP contribution in [0.5, 0.6) is 5.75 Å². The predicted octanol–water partition coefficient (Wildman–Crippen LogP) is 4.11. The smallest absolute Gasteiger partial charge is 0.119 e. The summed E-state index contributed by atoms with van der Waals surface area (Å²) in [5.41, 5.74) is 5.90. The van der Waals surface area contributed by atoms with Gasteiger partial charge in [-0.05, 0) is 61.7 Å². The van der Waals surface area contributed by atoms with E-state index in [9.17, 15) is 0 Å². The molecule has 0 saturated heterocycles. The molecular formula is C18H20N2O. The number of nitrogens with one attached hydrogen (secondary N) is 1. The van der Waals surface area contributed by atoms with Gasteiger partial charge >= 0.3 is 0 Å². The SMILES string of the molecule is Cc1cccc(OCCc2nc3cc(C)c(C)cc3[nH]2)c1. The van der Waals surface area contributed by atoms with Crippen molar-refractivity contribution in [2.45, 2.75) is 27.2 Å². The summed E-state index contributed by atoms with van der Waals surface area (Å²) in [7, 11) is 0. The van der Waals surface area contributed by atoms with Crippen LogP contribution in [-0.2, 0) is 6.42 Å². The van der Waals surface area contributed by atoms with Gasteiger partial charge in [0.2, 0.25) is 0 Å². The van der Waals surface area contributed by atoms with Gasteiger partial charge < -0.3 is 9.72 Å². The number of H-pyrrole nitrogens is 1. The van der Waals surface area contributed by atoms with Crippen LogP contribution in [0.3, 0.4) is 0 Å². The fourth-order valence-electron chi connectivity index (χ4n) is 2.41. The zero-order chi connectivity index (χ0) is 14.8. The summed E-state index contributed by atoms with van der Waals surface area (Å²) in [5.74, 6) is 1.89. The highest BCUT2D eigenvalue weighted by molar-refractivity contribution is 5.77. The molecule has 0 aliphatic heterocycles. The van der Waals surface area contributed by atoms with Crippen LogP contribution in [0.1, 0.15) is 22.5 Å². The van der Waals surface area contributed by atoms with E-state index in [1.807, 2.05) is 18.2 Å². The topological polar surface area (TPSA) is 37.9 Å². The Balaban J connectivity index is 1.68. The van der Waals surface area contributed by atoms with Gasteiger partial charge in [-0.3, -0.25) is 0 Å². The summed E-state index contributed by atoms with van der Waals surface area (Å²) in [4.78, 5) is 8.00. The van der Waals surface area contributed by atoms with Crippen molar-refractivity contribution in [2.24, 2.45) is 0 Å². The van der Waals surface area contributed by atoms with Crippen LogP contribution in [0.15, 0.2) is 36.4 Å². The van der Waals surface area contributed by atoms with Gasteiger partial charge in [0.15, 0.2) is 0 Å². The van der Waals surface area contributed by atoms with E-state index >= 15 is 0 Å². The van der Waals surface area contributed by atoms with Crippen LogP contribution >= 0.6 is 0 Å². The third kappa shape index (κ3) is 3.07. The van der Waals surface area contributed by atoms with Crippen LogP contribution in [-0.4, -0.2) is 16.6 Å². The monoisotopic (exact) mass is 280 g/mol. The predicted molar refractivity (Wildman–Crippen MR) is 85.9 cm³/mol. The van der Waals surface area contributed by atoms with E-state index in [1.54, 1.807) is 0 Å². The number of hydrogen-bond donors (Lipinski definition) is 1. The maximum Gasteiger partial charge on any atom is 0.119 e. The first-order valence-corrected chi connectivity index (χ1v) is 7.27. The Hall–Kier alpha value is -2.29. The van der Waals surface area contributed by atoms with E-state index < -0.39 is 0 Å². The Morgan fingerprint density at radius 2 is 1.86 bits per heavy atom. The third-order valence-corrected chi connectivity index (χ3v) is 3.74. The largest absolute Gasteiger partial charge is 0.493 e. The number of ether oxygens (including phenoxy) is 1. The van der Waals surface area contributed by atoms with E-state index in [0.29, 0.717) is 6.61 Å². The minimum absolute atomic E-state index is 0.626. The van der Waals surface area contributed by atoms with Gasteiger partial charge in [0.1, 0.15) is 11.6 Å². The summed E-state index contributed by atoms with van der Waals surface area (Å²) in [6.07, 6.45) is 0.778. The van der Waals surface area contributed by atoms with Crippen LogP contribution in [0, 0.1) is 20.8 Å². The lowest BCUT2D eigenvalue weighted by atomic mass is 10.1. The molecule has 0 spiro atoms. The van der Waals surface area contributed by atoms with Crippen molar-refractivity contribution in [2.75, 3.05) is 6.61 Å². The van der Waals surface area contributed by atoms with Crippen molar-refractivity contribution in [1.29, 1.82) is 0 Å². The lowest BCUT2D eigenvalue weighted by molar-refractivity contribution is 0.319. The van der Waals surface area contributed by atoms with Gasteiger partial charge in [-0.1, -0.05) is 12.1 Å². The quantitative estimate of drug-likeness (QED) is 0.781. The second-order valence-corrected chi connectivity index (χ2v) is 5.55. The van der Waals surface area contributed by atoms with E-state index in [1.165, 1.54) is 16.7 Å².